The number of aromatic nitrogens is 2. The fourth-order valence-corrected chi connectivity index (χ4v) is 1.77. The van der Waals surface area contributed by atoms with Crippen LogP contribution in [0.3, 0.4) is 0 Å². The van der Waals surface area contributed by atoms with E-state index in [1.807, 2.05) is 20.8 Å². The van der Waals surface area contributed by atoms with Crippen LogP contribution in [0.5, 0.6) is 11.5 Å². The van der Waals surface area contributed by atoms with E-state index in [1.54, 1.807) is 6.07 Å². The largest absolute Gasteiger partial charge is 0.504 e. The van der Waals surface area contributed by atoms with Gasteiger partial charge in [-0.3, -0.25) is 0 Å². The molecule has 0 bridgehead atoms. The fraction of sp³-hybridized carbons (Fsp3) is 0.385. The Labute approximate surface area is 111 Å². The van der Waals surface area contributed by atoms with E-state index in [4.69, 9.17) is 4.52 Å². The van der Waals surface area contributed by atoms with Gasteiger partial charge in [0.1, 0.15) is 0 Å². The maximum absolute atomic E-state index is 9.46. The number of nitrogens with zero attached hydrogens (tertiary/aromatic N) is 2. The summed E-state index contributed by atoms with van der Waals surface area (Å²) in [6, 6.07) is 4.39. The van der Waals surface area contributed by atoms with E-state index in [2.05, 4.69) is 15.5 Å². The van der Waals surface area contributed by atoms with Crippen LogP contribution in [-0.2, 0) is 5.54 Å². The minimum atomic E-state index is -0.418. The predicted molar refractivity (Wildman–Crippen MR) is 69.8 cm³/mol. The minimum absolute atomic E-state index is 0.180. The van der Waals surface area contributed by atoms with E-state index >= 15 is 0 Å². The van der Waals surface area contributed by atoms with Gasteiger partial charge in [0.05, 0.1) is 5.54 Å². The standard InChI is InChI=1S/C13H17N3O3/c1-4-14-13(2,3)12-15-11(16-19-12)8-5-6-9(17)10(18)7-8/h5-7,14,17-18H,4H2,1-3H3. The van der Waals surface area contributed by atoms with Crippen LogP contribution in [0.2, 0.25) is 0 Å². The van der Waals surface area contributed by atoms with Crippen LogP contribution in [0.25, 0.3) is 11.4 Å². The first-order valence-electron chi connectivity index (χ1n) is 6.05. The van der Waals surface area contributed by atoms with Gasteiger partial charge < -0.3 is 20.1 Å². The first kappa shape index (κ1) is 13.4. The van der Waals surface area contributed by atoms with Crippen molar-refractivity contribution in [1.29, 1.82) is 0 Å². The van der Waals surface area contributed by atoms with E-state index in [9.17, 15) is 10.2 Å². The monoisotopic (exact) mass is 263 g/mol. The lowest BCUT2D eigenvalue weighted by Gasteiger charge is -2.20. The molecule has 0 saturated carbocycles. The Hall–Kier alpha value is -2.08. The van der Waals surface area contributed by atoms with Crippen LogP contribution in [0.1, 0.15) is 26.7 Å². The Morgan fingerprint density at radius 3 is 2.63 bits per heavy atom. The molecule has 6 heteroatoms. The maximum atomic E-state index is 9.46. The fourth-order valence-electron chi connectivity index (χ4n) is 1.77. The average Bonchev–Trinajstić information content (AvgIpc) is 2.83. The highest BCUT2D eigenvalue weighted by atomic mass is 16.5. The lowest BCUT2D eigenvalue weighted by Crippen LogP contribution is -2.36. The molecule has 0 spiro atoms. The Morgan fingerprint density at radius 1 is 1.26 bits per heavy atom. The van der Waals surface area contributed by atoms with E-state index < -0.39 is 5.54 Å². The zero-order valence-corrected chi connectivity index (χ0v) is 11.1. The molecular formula is C13H17N3O3. The molecule has 19 heavy (non-hydrogen) atoms. The summed E-state index contributed by atoms with van der Waals surface area (Å²) in [7, 11) is 0. The van der Waals surface area contributed by atoms with Gasteiger partial charge in [0.15, 0.2) is 11.5 Å². The second kappa shape index (κ2) is 4.89. The van der Waals surface area contributed by atoms with Crippen molar-refractivity contribution in [2.24, 2.45) is 0 Å². The van der Waals surface area contributed by atoms with Gasteiger partial charge >= 0.3 is 0 Å². The molecule has 0 aliphatic heterocycles. The van der Waals surface area contributed by atoms with Gasteiger partial charge in [0.2, 0.25) is 11.7 Å². The third-order valence-corrected chi connectivity index (χ3v) is 2.81. The molecule has 0 radical (unpaired) electrons. The van der Waals surface area contributed by atoms with Crippen molar-refractivity contribution in [3.63, 3.8) is 0 Å². The van der Waals surface area contributed by atoms with Crippen molar-refractivity contribution >= 4 is 0 Å². The predicted octanol–water partition coefficient (Wildman–Crippen LogP) is 1.99. The molecule has 102 valence electrons. The Kier molecular flexibility index (Phi) is 3.44. The molecule has 2 aromatic rings. The van der Waals surface area contributed by atoms with E-state index in [1.165, 1.54) is 12.1 Å². The minimum Gasteiger partial charge on any atom is -0.504 e. The maximum Gasteiger partial charge on any atom is 0.246 e. The summed E-state index contributed by atoms with van der Waals surface area (Å²) in [6.07, 6.45) is 0. The summed E-state index contributed by atoms with van der Waals surface area (Å²) in [5.41, 5.74) is 0.163. The van der Waals surface area contributed by atoms with Crippen molar-refractivity contribution in [3.8, 4) is 22.9 Å². The summed E-state index contributed by atoms with van der Waals surface area (Å²) in [4.78, 5) is 4.31. The van der Waals surface area contributed by atoms with E-state index in [-0.39, 0.29) is 11.5 Å². The first-order chi connectivity index (χ1) is 8.94. The quantitative estimate of drug-likeness (QED) is 0.731. The van der Waals surface area contributed by atoms with Crippen LogP contribution < -0.4 is 5.32 Å². The molecule has 0 aliphatic rings. The second-order valence-corrected chi connectivity index (χ2v) is 4.78. The molecule has 1 heterocycles. The van der Waals surface area contributed by atoms with Crippen molar-refractivity contribution in [1.82, 2.24) is 15.5 Å². The smallest absolute Gasteiger partial charge is 0.246 e. The molecule has 0 saturated heterocycles. The number of rotatable bonds is 4. The van der Waals surface area contributed by atoms with Gasteiger partial charge in [-0.15, -0.1) is 0 Å². The number of hydrogen-bond donors (Lipinski definition) is 3. The normalized spacial score (nSPS) is 11.7. The molecule has 3 N–H and O–H groups in total. The van der Waals surface area contributed by atoms with Gasteiger partial charge in [-0.1, -0.05) is 12.1 Å². The highest BCUT2D eigenvalue weighted by molar-refractivity contribution is 5.59. The zero-order valence-electron chi connectivity index (χ0n) is 11.1. The third kappa shape index (κ3) is 2.68. The van der Waals surface area contributed by atoms with Crippen LogP contribution in [0.4, 0.5) is 0 Å². The molecule has 0 aliphatic carbocycles. The van der Waals surface area contributed by atoms with Gasteiger partial charge in [-0.25, -0.2) is 0 Å². The van der Waals surface area contributed by atoms with Crippen LogP contribution in [-0.4, -0.2) is 26.9 Å². The molecular weight excluding hydrogens is 246 g/mol. The zero-order chi connectivity index (χ0) is 14.0. The van der Waals surface area contributed by atoms with Crippen LogP contribution in [0, 0.1) is 0 Å². The summed E-state index contributed by atoms with van der Waals surface area (Å²) < 4.78 is 5.24. The molecule has 0 atom stereocenters. The van der Waals surface area contributed by atoms with Crippen LogP contribution >= 0.6 is 0 Å². The van der Waals surface area contributed by atoms with Crippen molar-refractivity contribution in [3.05, 3.63) is 24.1 Å². The number of benzene rings is 1. The molecule has 1 aromatic carbocycles. The number of phenolic OH excluding ortho intramolecular Hbond substituents is 2. The van der Waals surface area contributed by atoms with Gasteiger partial charge in [-0.05, 0) is 38.6 Å². The lowest BCUT2D eigenvalue weighted by molar-refractivity contribution is 0.272. The Balaban J connectivity index is 2.33. The highest BCUT2D eigenvalue weighted by Gasteiger charge is 2.26. The average molecular weight is 263 g/mol. The summed E-state index contributed by atoms with van der Waals surface area (Å²) in [6.45, 7) is 6.67. The van der Waals surface area contributed by atoms with E-state index in [0.717, 1.165) is 6.54 Å². The van der Waals surface area contributed by atoms with Crippen LogP contribution in [0.15, 0.2) is 22.7 Å². The summed E-state index contributed by atoms with van der Waals surface area (Å²) >= 11 is 0. The third-order valence-electron chi connectivity index (χ3n) is 2.81. The number of nitrogens with one attached hydrogen (secondary N) is 1. The summed E-state index contributed by atoms with van der Waals surface area (Å²) in [5, 5.41) is 25.9. The molecule has 0 unspecified atom stereocenters. The van der Waals surface area contributed by atoms with Crippen molar-refractivity contribution in [2.75, 3.05) is 6.54 Å². The molecule has 6 nitrogen and oxygen atoms in total. The molecule has 2 rings (SSSR count). The summed E-state index contributed by atoms with van der Waals surface area (Å²) in [5.74, 6) is 0.448. The highest BCUT2D eigenvalue weighted by Crippen LogP contribution is 2.30. The first-order valence-corrected chi connectivity index (χ1v) is 6.05. The SMILES string of the molecule is CCNC(C)(C)c1nc(-c2ccc(O)c(O)c2)no1. The van der Waals surface area contributed by atoms with Crippen molar-refractivity contribution < 1.29 is 14.7 Å². The molecule has 0 amide bonds. The number of aromatic hydroxyl groups is 2. The molecule has 1 aromatic heterocycles. The van der Waals surface area contributed by atoms with E-state index in [0.29, 0.717) is 17.3 Å². The number of phenols is 2. The lowest BCUT2D eigenvalue weighted by atomic mass is 10.1. The van der Waals surface area contributed by atoms with Gasteiger partial charge in [-0.2, -0.15) is 4.98 Å². The molecule has 0 fully saturated rings. The Morgan fingerprint density at radius 2 is 2.00 bits per heavy atom. The Bertz CT molecular complexity index is 578. The van der Waals surface area contributed by atoms with Crippen molar-refractivity contribution in [2.45, 2.75) is 26.3 Å². The number of hydrogen-bond acceptors (Lipinski definition) is 6. The topological polar surface area (TPSA) is 91.4 Å². The second-order valence-electron chi connectivity index (χ2n) is 4.78. The van der Waals surface area contributed by atoms with Gasteiger partial charge in [0, 0.05) is 5.56 Å². The van der Waals surface area contributed by atoms with Gasteiger partial charge in [0.25, 0.3) is 0 Å².